The van der Waals surface area contributed by atoms with Crippen LogP contribution in [0, 0.1) is 19.7 Å². The number of hydrogen-bond donors (Lipinski definition) is 0. The van der Waals surface area contributed by atoms with E-state index < -0.39 is 0 Å². The topological polar surface area (TPSA) is 38.1 Å². The monoisotopic (exact) mass is 341 g/mol. The number of piperidine rings is 1. The number of carbonyl (C=O) groups is 1. The molecule has 3 rings (SSSR count). The third kappa shape index (κ3) is 3.98. The lowest BCUT2D eigenvalue weighted by Crippen LogP contribution is -2.37. The van der Waals surface area contributed by atoms with Gasteiger partial charge in [-0.2, -0.15) is 5.10 Å². The molecular formula is C20H24FN3O. The molecule has 0 unspecified atom stereocenters. The summed E-state index contributed by atoms with van der Waals surface area (Å²) in [6.07, 6.45) is 4.13. The summed E-state index contributed by atoms with van der Waals surface area (Å²) in [4.78, 5) is 14.5. The summed E-state index contributed by atoms with van der Waals surface area (Å²) in [5.41, 5.74) is 5.17. The Morgan fingerprint density at radius 1 is 1.28 bits per heavy atom. The standard InChI is InChI=1S/C20H24FN3O/c1-14-19(15(2)23(3)22-14)13-20(25)24-9-7-16(8-10-24)11-17-5-4-6-18(21)12-17/h4-6,11-12H,7-10,13H2,1-3H3. The normalized spacial score (nSPS) is 14.7. The molecule has 1 fully saturated rings. The molecule has 0 bridgehead atoms. The minimum absolute atomic E-state index is 0.156. The van der Waals surface area contributed by atoms with Crippen LogP contribution in [0.2, 0.25) is 0 Å². The Morgan fingerprint density at radius 3 is 2.60 bits per heavy atom. The molecule has 2 aromatic rings. The van der Waals surface area contributed by atoms with Crippen molar-refractivity contribution in [3.63, 3.8) is 0 Å². The maximum atomic E-state index is 13.3. The Kier molecular flexibility index (Phi) is 5.02. The molecule has 1 aromatic carbocycles. The van der Waals surface area contributed by atoms with Crippen LogP contribution >= 0.6 is 0 Å². The second-order valence-electron chi connectivity index (χ2n) is 6.69. The molecule has 0 radical (unpaired) electrons. The number of aryl methyl sites for hydroxylation is 2. The first kappa shape index (κ1) is 17.4. The first-order chi connectivity index (χ1) is 11.9. The molecule has 132 valence electrons. The van der Waals surface area contributed by atoms with Gasteiger partial charge in [0.1, 0.15) is 5.82 Å². The van der Waals surface area contributed by atoms with Crippen LogP contribution < -0.4 is 0 Å². The summed E-state index contributed by atoms with van der Waals surface area (Å²) < 4.78 is 15.1. The van der Waals surface area contributed by atoms with Crippen molar-refractivity contribution in [1.29, 1.82) is 0 Å². The number of benzene rings is 1. The lowest BCUT2D eigenvalue weighted by molar-refractivity contribution is -0.130. The molecule has 1 saturated heterocycles. The Labute approximate surface area is 148 Å². The molecule has 5 heteroatoms. The van der Waals surface area contributed by atoms with Gasteiger partial charge in [-0.25, -0.2) is 4.39 Å². The summed E-state index contributed by atoms with van der Waals surface area (Å²) in [6, 6.07) is 6.62. The van der Waals surface area contributed by atoms with E-state index in [1.807, 2.05) is 42.6 Å². The van der Waals surface area contributed by atoms with E-state index in [1.54, 1.807) is 12.1 Å². The van der Waals surface area contributed by atoms with E-state index in [0.29, 0.717) is 6.42 Å². The molecule has 1 aromatic heterocycles. The lowest BCUT2D eigenvalue weighted by atomic mass is 10.00. The van der Waals surface area contributed by atoms with Crippen molar-refractivity contribution < 1.29 is 9.18 Å². The van der Waals surface area contributed by atoms with Gasteiger partial charge in [0.15, 0.2) is 0 Å². The molecule has 0 saturated carbocycles. The molecular weight excluding hydrogens is 317 g/mol. The van der Waals surface area contributed by atoms with Crippen molar-refractivity contribution in [3.05, 3.63) is 58.2 Å². The third-order valence-electron chi connectivity index (χ3n) is 4.96. The number of aromatic nitrogens is 2. The van der Waals surface area contributed by atoms with E-state index >= 15 is 0 Å². The second kappa shape index (κ2) is 7.21. The first-order valence-electron chi connectivity index (χ1n) is 8.66. The van der Waals surface area contributed by atoms with Gasteiger partial charge in [0.2, 0.25) is 5.91 Å². The third-order valence-corrected chi connectivity index (χ3v) is 4.96. The van der Waals surface area contributed by atoms with Crippen LogP contribution in [-0.2, 0) is 18.3 Å². The predicted octanol–water partition coefficient (Wildman–Crippen LogP) is 3.42. The van der Waals surface area contributed by atoms with Gasteiger partial charge in [-0.05, 0) is 44.4 Å². The molecule has 2 heterocycles. The highest BCUT2D eigenvalue weighted by atomic mass is 19.1. The smallest absolute Gasteiger partial charge is 0.227 e. The van der Waals surface area contributed by atoms with Crippen LogP contribution in [0.15, 0.2) is 29.8 Å². The minimum atomic E-state index is -0.218. The zero-order valence-corrected chi connectivity index (χ0v) is 15.1. The Hall–Kier alpha value is -2.43. The molecule has 0 N–H and O–H groups in total. The SMILES string of the molecule is Cc1nn(C)c(C)c1CC(=O)N1CCC(=Cc2cccc(F)c2)CC1. The van der Waals surface area contributed by atoms with Gasteiger partial charge in [-0.1, -0.05) is 23.8 Å². The number of carbonyl (C=O) groups excluding carboxylic acids is 1. The summed E-state index contributed by atoms with van der Waals surface area (Å²) in [6.45, 7) is 5.39. The summed E-state index contributed by atoms with van der Waals surface area (Å²) >= 11 is 0. The maximum Gasteiger partial charge on any atom is 0.227 e. The number of hydrogen-bond acceptors (Lipinski definition) is 2. The van der Waals surface area contributed by atoms with Crippen LogP contribution in [0.5, 0.6) is 0 Å². The van der Waals surface area contributed by atoms with Crippen molar-refractivity contribution in [1.82, 2.24) is 14.7 Å². The number of rotatable bonds is 3. The predicted molar refractivity (Wildman–Crippen MR) is 96.6 cm³/mol. The van der Waals surface area contributed by atoms with Gasteiger partial charge in [0.25, 0.3) is 0 Å². The largest absolute Gasteiger partial charge is 0.342 e. The first-order valence-corrected chi connectivity index (χ1v) is 8.66. The minimum Gasteiger partial charge on any atom is -0.342 e. The highest BCUT2D eigenvalue weighted by Crippen LogP contribution is 2.21. The molecule has 0 atom stereocenters. The van der Waals surface area contributed by atoms with Gasteiger partial charge in [-0.3, -0.25) is 9.48 Å². The van der Waals surface area contributed by atoms with Crippen LogP contribution in [0.25, 0.3) is 6.08 Å². The van der Waals surface area contributed by atoms with E-state index in [-0.39, 0.29) is 11.7 Å². The van der Waals surface area contributed by atoms with Crippen molar-refractivity contribution in [2.45, 2.75) is 33.1 Å². The molecule has 1 aliphatic heterocycles. The van der Waals surface area contributed by atoms with Gasteiger partial charge in [-0.15, -0.1) is 0 Å². The van der Waals surface area contributed by atoms with Crippen molar-refractivity contribution >= 4 is 12.0 Å². The van der Waals surface area contributed by atoms with Crippen LogP contribution in [0.3, 0.4) is 0 Å². The molecule has 1 aliphatic rings. The molecule has 25 heavy (non-hydrogen) atoms. The van der Waals surface area contributed by atoms with Gasteiger partial charge in [0, 0.05) is 31.4 Å². The summed E-state index contributed by atoms with van der Waals surface area (Å²) in [7, 11) is 1.90. The zero-order chi connectivity index (χ0) is 18.0. The molecule has 4 nitrogen and oxygen atoms in total. The summed E-state index contributed by atoms with van der Waals surface area (Å²) in [5, 5.41) is 4.38. The van der Waals surface area contributed by atoms with Crippen LogP contribution in [0.1, 0.15) is 35.4 Å². The number of halogens is 1. The van der Waals surface area contributed by atoms with Crippen LogP contribution in [0.4, 0.5) is 4.39 Å². The van der Waals surface area contributed by atoms with Gasteiger partial charge < -0.3 is 4.90 Å². The fraction of sp³-hybridized carbons (Fsp3) is 0.400. The highest BCUT2D eigenvalue weighted by Gasteiger charge is 2.21. The van der Waals surface area contributed by atoms with Crippen molar-refractivity contribution in [2.75, 3.05) is 13.1 Å². The van der Waals surface area contributed by atoms with Crippen LogP contribution in [-0.4, -0.2) is 33.7 Å². The van der Waals surface area contributed by atoms with E-state index in [4.69, 9.17) is 0 Å². The fourth-order valence-electron chi connectivity index (χ4n) is 3.36. The molecule has 0 aliphatic carbocycles. The zero-order valence-electron chi connectivity index (χ0n) is 15.1. The quantitative estimate of drug-likeness (QED) is 0.858. The molecule has 1 amide bonds. The second-order valence-corrected chi connectivity index (χ2v) is 6.69. The molecule has 0 spiro atoms. The average Bonchev–Trinajstić information content (AvgIpc) is 2.82. The number of nitrogens with zero attached hydrogens (tertiary/aromatic N) is 3. The van der Waals surface area contributed by atoms with E-state index in [9.17, 15) is 9.18 Å². The van der Waals surface area contributed by atoms with Crippen molar-refractivity contribution in [2.24, 2.45) is 7.05 Å². The fourth-order valence-corrected chi connectivity index (χ4v) is 3.36. The number of amides is 1. The Morgan fingerprint density at radius 2 is 2.00 bits per heavy atom. The van der Waals surface area contributed by atoms with E-state index in [1.165, 1.54) is 11.6 Å². The Bertz CT molecular complexity index is 812. The van der Waals surface area contributed by atoms with E-state index in [2.05, 4.69) is 5.10 Å². The van der Waals surface area contributed by atoms with Gasteiger partial charge in [0.05, 0.1) is 12.1 Å². The van der Waals surface area contributed by atoms with Crippen molar-refractivity contribution in [3.8, 4) is 0 Å². The highest BCUT2D eigenvalue weighted by molar-refractivity contribution is 5.79. The number of likely N-dealkylation sites (tertiary alicyclic amines) is 1. The lowest BCUT2D eigenvalue weighted by Gasteiger charge is -2.28. The summed E-state index contributed by atoms with van der Waals surface area (Å²) in [5.74, 6) is -0.0619. The Balaban J connectivity index is 1.61. The van der Waals surface area contributed by atoms with Gasteiger partial charge >= 0.3 is 0 Å². The van der Waals surface area contributed by atoms with E-state index in [0.717, 1.165) is 48.4 Å². The maximum absolute atomic E-state index is 13.3. The average molecular weight is 341 g/mol.